The number of nitrogens with one attached hydrogen (secondary N) is 1. The van der Waals surface area contributed by atoms with Crippen molar-refractivity contribution in [2.75, 3.05) is 36.5 Å². The first kappa shape index (κ1) is 20.9. The average Bonchev–Trinajstić information content (AvgIpc) is 2.73. The molecule has 1 fully saturated rings. The lowest BCUT2D eigenvalue weighted by molar-refractivity contribution is 0.0983. The summed E-state index contributed by atoms with van der Waals surface area (Å²) in [5.41, 5.74) is 1.26. The van der Waals surface area contributed by atoms with Crippen molar-refractivity contribution < 1.29 is 9.53 Å². The second-order valence-corrected chi connectivity index (χ2v) is 7.26. The van der Waals surface area contributed by atoms with Gasteiger partial charge in [0.1, 0.15) is 17.5 Å². The third kappa shape index (κ3) is 5.82. The summed E-state index contributed by atoms with van der Waals surface area (Å²) in [5, 5.41) is 3.54. The van der Waals surface area contributed by atoms with Gasteiger partial charge in [-0.3, -0.25) is 0 Å². The SMILES string of the molecule is CCOC(=O)N1CCC(Nc2cc(N(CC)Cc3ccccc3)nc(C)n2)CC1. The fraction of sp³-hybridized carbons (Fsp3) is 0.500. The van der Waals surface area contributed by atoms with Crippen LogP contribution in [0, 0.1) is 6.92 Å². The lowest BCUT2D eigenvalue weighted by Crippen LogP contribution is -2.42. The van der Waals surface area contributed by atoms with Crippen molar-refractivity contribution in [3.05, 3.63) is 47.8 Å². The number of likely N-dealkylation sites (tertiary alicyclic amines) is 1. The van der Waals surface area contributed by atoms with Gasteiger partial charge in [0.05, 0.1) is 6.61 Å². The Labute approximate surface area is 173 Å². The molecule has 1 amide bonds. The number of aryl methyl sites for hydroxylation is 1. The van der Waals surface area contributed by atoms with Crippen LogP contribution in [0.3, 0.4) is 0 Å². The highest BCUT2D eigenvalue weighted by Gasteiger charge is 2.24. The third-order valence-corrected chi connectivity index (χ3v) is 5.12. The lowest BCUT2D eigenvalue weighted by Gasteiger charge is -2.32. The monoisotopic (exact) mass is 397 g/mol. The van der Waals surface area contributed by atoms with Crippen molar-refractivity contribution in [1.29, 1.82) is 0 Å². The lowest BCUT2D eigenvalue weighted by atomic mass is 10.1. The summed E-state index contributed by atoms with van der Waals surface area (Å²) in [5.74, 6) is 2.52. The molecule has 1 aromatic heterocycles. The molecule has 2 heterocycles. The predicted octanol–water partition coefficient (Wildman–Crippen LogP) is 3.84. The van der Waals surface area contributed by atoms with Crippen LogP contribution in [0.5, 0.6) is 0 Å². The summed E-state index contributed by atoms with van der Waals surface area (Å²) >= 11 is 0. The van der Waals surface area contributed by atoms with Crippen molar-refractivity contribution in [3.8, 4) is 0 Å². The van der Waals surface area contributed by atoms with Crippen LogP contribution in [0.4, 0.5) is 16.4 Å². The Morgan fingerprint density at radius 1 is 1.21 bits per heavy atom. The number of piperidine rings is 1. The number of rotatable bonds is 7. The van der Waals surface area contributed by atoms with E-state index in [1.54, 1.807) is 4.90 Å². The first-order valence-corrected chi connectivity index (χ1v) is 10.4. The summed E-state index contributed by atoms with van der Waals surface area (Å²) < 4.78 is 5.09. The molecule has 7 heteroatoms. The number of aromatic nitrogens is 2. The van der Waals surface area contributed by atoms with Gasteiger partial charge in [-0.15, -0.1) is 0 Å². The van der Waals surface area contributed by atoms with E-state index in [-0.39, 0.29) is 12.1 Å². The summed E-state index contributed by atoms with van der Waals surface area (Å²) in [6.07, 6.45) is 1.53. The van der Waals surface area contributed by atoms with Crippen molar-refractivity contribution in [3.63, 3.8) is 0 Å². The van der Waals surface area contributed by atoms with E-state index in [1.165, 1.54) is 5.56 Å². The molecule has 1 N–H and O–H groups in total. The summed E-state index contributed by atoms with van der Waals surface area (Å²) in [6.45, 7) is 9.38. The van der Waals surface area contributed by atoms with Crippen LogP contribution >= 0.6 is 0 Å². The van der Waals surface area contributed by atoms with Crippen LogP contribution in [0.2, 0.25) is 0 Å². The van der Waals surface area contributed by atoms with E-state index in [0.717, 1.165) is 43.4 Å². The van der Waals surface area contributed by atoms with Gasteiger partial charge in [-0.25, -0.2) is 14.8 Å². The molecule has 0 radical (unpaired) electrons. The number of hydrogen-bond acceptors (Lipinski definition) is 6. The average molecular weight is 398 g/mol. The van der Waals surface area contributed by atoms with Crippen molar-refractivity contribution in [1.82, 2.24) is 14.9 Å². The molecule has 0 saturated carbocycles. The van der Waals surface area contributed by atoms with Crippen LogP contribution in [-0.2, 0) is 11.3 Å². The zero-order valence-electron chi connectivity index (χ0n) is 17.6. The highest BCUT2D eigenvalue weighted by molar-refractivity contribution is 5.67. The van der Waals surface area contributed by atoms with Gasteiger partial charge < -0.3 is 19.9 Å². The maximum absolute atomic E-state index is 11.9. The van der Waals surface area contributed by atoms with Crippen LogP contribution < -0.4 is 10.2 Å². The molecule has 1 aliphatic rings. The van der Waals surface area contributed by atoms with Crippen LogP contribution in [0.15, 0.2) is 36.4 Å². The summed E-state index contributed by atoms with van der Waals surface area (Å²) in [4.78, 5) is 25.1. The predicted molar refractivity (Wildman–Crippen MR) is 115 cm³/mol. The maximum atomic E-state index is 11.9. The van der Waals surface area contributed by atoms with E-state index in [1.807, 2.05) is 26.0 Å². The van der Waals surface area contributed by atoms with Gasteiger partial charge in [-0.05, 0) is 39.2 Å². The topological polar surface area (TPSA) is 70.6 Å². The van der Waals surface area contributed by atoms with Crippen molar-refractivity contribution in [2.45, 2.75) is 46.2 Å². The van der Waals surface area contributed by atoms with Gasteiger partial charge in [-0.2, -0.15) is 0 Å². The minimum absolute atomic E-state index is 0.217. The first-order chi connectivity index (χ1) is 14.1. The molecular formula is C22H31N5O2. The summed E-state index contributed by atoms with van der Waals surface area (Å²) in [6, 6.07) is 12.7. The maximum Gasteiger partial charge on any atom is 0.409 e. The largest absolute Gasteiger partial charge is 0.450 e. The minimum atomic E-state index is -0.217. The fourth-order valence-electron chi connectivity index (χ4n) is 3.58. The fourth-order valence-corrected chi connectivity index (χ4v) is 3.58. The number of anilines is 2. The molecule has 1 aliphatic heterocycles. The van der Waals surface area contributed by atoms with Crippen molar-refractivity contribution in [2.24, 2.45) is 0 Å². The number of hydrogen-bond donors (Lipinski definition) is 1. The Morgan fingerprint density at radius 2 is 1.93 bits per heavy atom. The molecule has 3 rings (SSSR count). The van der Waals surface area contributed by atoms with E-state index >= 15 is 0 Å². The molecule has 29 heavy (non-hydrogen) atoms. The molecule has 1 aromatic carbocycles. The Balaban J connectivity index is 1.64. The molecule has 0 unspecified atom stereocenters. The van der Waals surface area contributed by atoms with Gasteiger partial charge in [-0.1, -0.05) is 30.3 Å². The van der Waals surface area contributed by atoms with E-state index in [2.05, 4.69) is 51.4 Å². The Morgan fingerprint density at radius 3 is 2.59 bits per heavy atom. The smallest absolute Gasteiger partial charge is 0.409 e. The van der Waals surface area contributed by atoms with E-state index in [4.69, 9.17) is 4.74 Å². The van der Waals surface area contributed by atoms with E-state index < -0.39 is 0 Å². The highest BCUT2D eigenvalue weighted by atomic mass is 16.6. The van der Waals surface area contributed by atoms with E-state index in [0.29, 0.717) is 19.7 Å². The summed E-state index contributed by atoms with van der Waals surface area (Å²) in [7, 11) is 0. The third-order valence-electron chi connectivity index (χ3n) is 5.12. The number of benzene rings is 1. The molecule has 2 aromatic rings. The molecule has 156 valence electrons. The molecule has 7 nitrogen and oxygen atoms in total. The molecule has 0 atom stereocenters. The van der Waals surface area contributed by atoms with Gasteiger partial charge in [0.15, 0.2) is 0 Å². The molecule has 0 bridgehead atoms. The second-order valence-electron chi connectivity index (χ2n) is 7.26. The molecule has 1 saturated heterocycles. The van der Waals surface area contributed by atoms with E-state index in [9.17, 15) is 4.79 Å². The number of ether oxygens (including phenoxy) is 1. The quantitative estimate of drug-likeness (QED) is 0.765. The molecule has 0 aliphatic carbocycles. The zero-order valence-corrected chi connectivity index (χ0v) is 17.6. The van der Waals surface area contributed by atoms with Gasteiger partial charge >= 0.3 is 6.09 Å². The highest BCUT2D eigenvalue weighted by Crippen LogP contribution is 2.21. The Bertz CT molecular complexity index is 791. The minimum Gasteiger partial charge on any atom is -0.450 e. The number of carbonyl (C=O) groups is 1. The van der Waals surface area contributed by atoms with Gasteiger partial charge in [0, 0.05) is 38.3 Å². The number of amides is 1. The number of carbonyl (C=O) groups excluding carboxylic acids is 1. The normalized spacial score (nSPS) is 14.5. The van der Waals surface area contributed by atoms with Crippen LogP contribution in [0.25, 0.3) is 0 Å². The molecule has 0 spiro atoms. The Hall–Kier alpha value is -2.83. The van der Waals surface area contributed by atoms with Gasteiger partial charge in [0.2, 0.25) is 0 Å². The van der Waals surface area contributed by atoms with Gasteiger partial charge in [0.25, 0.3) is 0 Å². The zero-order chi connectivity index (χ0) is 20.6. The second kappa shape index (κ2) is 10.1. The van der Waals surface area contributed by atoms with Crippen LogP contribution in [0.1, 0.15) is 38.1 Å². The number of nitrogens with zero attached hydrogens (tertiary/aromatic N) is 4. The Kier molecular flexibility index (Phi) is 7.27. The van der Waals surface area contributed by atoms with Crippen molar-refractivity contribution >= 4 is 17.7 Å². The molecular weight excluding hydrogens is 366 g/mol. The standard InChI is InChI=1S/C22H31N5O2/c1-4-26(16-18-9-7-6-8-10-18)21-15-20(23-17(3)24-21)25-19-11-13-27(14-12-19)22(28)29-5-2/h6-10,15,19H,4-5,11-14,16H2,1-3H3,(H,23,24,25). The van der Waals surface area contributed by atoms with Crippen LogP contribution in [-0.4, -0.2) is 53.2 Å². The first-order valence-electron chi connectivity index (χ1n) is 10.4.